The van der Waals surface area contributed by atoms with Gasteiger partial charge in [0.1, 0.15) is 17.3 Å². The molecule has 0 radical (unpaired) electrons. The first kappa shape index (κ1) is 12.0. The summed E-state index contributed by atoms with van der Waals surface area (Å²) in [4.78, 5) is 14.8. The zero-order chi connectivity index (χ0) is 12.3. The summed E-state index contributed by atoms with van der Waals surface area (Å²) >= 11 is 0. The summed E-state index contributed by atoms with van der Waals surface area (Å²) in [5, 5.41) is 8.76. The van der Waals surface area contributed by atoms with Gasteiger partial charge in [-0.05, 0) is 13.0 Å². The molecular weight excluding hydrogens is 218 g/mol. The molecule has 1 aromatic heterocycles. The molecule has 16 heavy (non-hydrogen) atoms. The predicted octanol–water partition coefficient (Wildman–Crippen LogP) is 1.99. The second kappa shape index (κ2) is 4.66. The first-order valence-corrected chi connectivity index (χ1v) is 4.29. The van der Waals surface area contributed by atoms with Crippen molar-refractivity contribution in [1.82, 2.24) is 4.98 Å². The summed E-state index contributed by atoms with van der Waals surface area (Å²) in [6.07, 6.45) is -2.93. The van der Waals surface area contributed by atoms with Gasteiger partial charge in [-0.3, -0.25) is 4.98 Å². The average molecular weight is 226 g/mol. The number of methoxy groups -OCH3 is 1. The van der Waals surface area contributed by atoms with E-state index in [-0.39, 0.29) is 11.3 Å². The number of ether oxygens (including phenoxy) is 1. The molecule has 1 aromatic rings. The molecule has 6 heteroatoms. The molecule has 4 nitrogen and oxygen atoms in total. The number of aromatic nitrogens is 1. The van der Waals surface area contributed by atoms with E-state index in [1.54, 1.807) is 6.07 Å². The van der Waals surface area contributed by atoms with E-state index in [0.717, 1.165) is 7.11 Å². The Bertz CT molecular complexity index is 467. The maximum Gasteiger partial charge on any atom is 0.341 e. The highest BCUT2D eigenvalue weighted by atomic mass is 19.3. The van der Waals surface area contributed by atoms with Crippen LogP contribution in [0.2, 0.25) is 0 Å². The highest BCUT2D eigenvalue weighted by Gasteiger charge is 2.24. The standard InChI is InChI=1S/C10H8F2N2O2/c1-5-3-6(4-13)7(10(15)16-2)8(14-5)9(11)12/h3,9H,1-2H3. The van der Waals surface area contributed by atoms with Gasteiger partial charge in [-0.2, -0.15) is 5.26 Å². The van der Waals surface area contributed by atoms with Crippen LogP contribution in [0.3, 0.4) is 0 Å². The van der Waals surface area contributed by atoms with Crippen molar-refractivity contribution in [2.75, 3.05) is 7.11 Å². The lowest BCUT2D eigenvalue weighted by molar-refractivity contribution is 0.0586. The Hall–Kier alpha value is -2.03. The third-order valence-corrected chi connectivity index (χ3v) is 1.89. The van der Waals surface area contributed by atoms with E-state index < -0.39 is 23.7 Å². The van der Waals surface area contributed by atoms with Gasteiger partial charge in [0, 0.05) is 5.69 Å². The predicted molar refractivity (Wildman–Crippen MR) is 50.0 cm³/mol. The third-order valence-electron chi connectivity index (χ3n) is 1.89. The minimum Gasteiger partial charge on any atom is -0.465 e. The van der Waals surface area contributed by atoms with Gasteiger partial charge in [-0.15, -0.1) is 0 Å². The molecule has 0 spiro atoms. The van der Waals surface area contributed by atoms with Crippen LogP contribution in [0.5, 0.6) is 0 Å². The molecule has 0 unspecified atom stereocenters. The number of hydrogen-bond acceptors (Lipinski definition) is 4. The second-order valence-electron chi connectivity index (χ2n) is 2.98. The quantitative estimate of drug-likeness (QED) is 0.723. The van der Waals surface area contributed by atoms with E-state index in [2.05, 4.69) is 9.72 Å². The average Bonchev–Trinajstić information content (AvgIpc) is 2.26. The van der Waals surface area contributed by atoms with Gasteiger partial charge in [-0.1, -0.05) is 0 Å². The molecule has 84 valence electrons. The van der Waals surface area contributed by atoms with Gasteiger partial charge in [0.15, 0.2) is 0 Å². The molecule has 0 saturated heterocycles. The molecule has 0 amide bonds. The molecule has 0 atom stereocenters. The largest absolute Gasteiger partial charge is 0.465 e. The van der Waals surface area contributed by atoms with Gasteiger partial charge >= 0.3 is 5.97 Å². The molecule has 0 fully saturated rings. The topological polar surface area (TPSA) is 63.0 Å². The van der Waals surface area contributed by atoms with Crippen LogP contribution in [0.25, 0.3) is 0 Å². The van der Waals surface area contributed by atoms with Crippen molar-refractivity contribution in [3.05, 3.63) is 28.6 Å². The lowest BCUT2D eigenvalue weighted by Gasteiger charge is -2.08. The van der Waals surface area contributed by atoms with Gasteiger partial charge < -0.3 is 4.74 Å². The number of halogens is 2. The van der Waals surface area contributed by atoms with Gasteiger partial charge in [0.05, 0.1) is 12.7 Å². The molecule has 0 aliphatic carbocycles. The number of nitrogens with zero attached hydrogens (tertiary/aromatic N) is 2. The number of aryl methyl sites for hydroxylation is 1. The van der Waals surface area contributed by atoms with Crippen molar-refractivity contribution in [3.8, 4) is 6.07 Å². The third kappa shape index (κ3) is 2.14. The van der Waals surface area contributed by atoms with Crippen LogP contribution < -0.4 is 0 Å². The summed E-state index contributed by atoms with van der Waals surface area (Å²) in [5.41, 5.74) is -1.09. The zero-order valence-corrected chi connectivity index (χ0v) is 8.62. The van der Waals surface area contributed by atoms with Crippen LogP contribution in [0, 0.1) is 18.3 Å². The molecule has 0 aliphatic rings. The lowest BCUT2D eigenvalue weighted by atomic mass is 10.1. The Morgan fingerprint density at radius 1 is 1.62 bits per heavy atom. The summed E-state index contributed by atoms with van der Waals surface area (Å²) in [6, 6.07) is 2.93. The number of nitriles is 1. The van der Waals surface area contributed by atoms with Crippen molar-refractivity contribution in [1.29, 1.82) is 5.26 Å². The number of esters is 1. The zero-order valence-electron chi connectivity index (χ0n) is 8.62. The Morgan fingerprint density at radius 3 is 2.69 bits per heavy atom. The number of hydrogen-bond donors (Lipinski definition) is 0. The Morgan fingerprint density at radius 2 is 2.25 bits per heavy atom. The number of carbonyl (C=O) groups excluding carboxylic acids is 1. The normalized spacial score (nSPS) is 10.0. The SMILES string of the molecule is COC(=O)c1c(C#N)cc(C)nc1C(F)F. The first-order valence-electron chi connectivity index (χ1n) is 4.29. The number of rotatable bonds is 2. The second-order valence-corrected chi connectivity index (χ2v) is 2.98. The minimum absolute atomic E-state index is 0.158. The van der Waals surface area contributed by atoms with Crippen LogP contribution in [-0.2, 0) is 4.74 Å². The molecule has 1 heterocycles. The van der Waals surface area contributed by atoms with Gasteiger partial charge in [0.2, 0.25) is 0 Å². The number of carbonyl (C=O) groups is 1. The Balaban J connectivity index is 3.53. The van der Waals surface area contributed by atoms with E-state index in [9.17, 15) is 13.6 Å². The van der Waals surface area contributed by atoms with Crippen LogP contribution in [0.1, 0.15) is 33.7 Å². The highest BCUT2D eigenvalue weighted by Crippen LogP contribution is 2.24. The lowest BCUT2D eigenvalue weighted by Crippen LogP contribution is -2.11. The smallest absolute Gasteiger partial charge is 0.341 e. The summed E-state index contributed by atoms with van der Waals surface area (Å²) < 4.78 is 29.6. The van der Waals surface area contributed by atoms with Gasteiger partial charge in [-0.25, -0.2) is 13.6 Å². The van der Waals surface area contributed by atoms with Gasteiger partial charge in [0.25, 0.3) is 6.43 Å². The van der Waals surface area contributed by atoms with Crippen molar-refractivity contribution >= 4 is 5.97 Å². The fourth-order valence-corrected chi connectivity index (χ4v) is 1.26. The molecule has 0 bridgehead atoms. The molecular formula is C10H8F2N2O2. The first-order chi connectivity index (χ1) is 7.51. The molecule has 1 rings (SSSR count). The van der Waals surface area contributed by atoms with Crippen LogP contribution in [-0.4, -0.2) is 18.1 Å². The van der Waals surface area contributed by atoms with E-state index in [1.807, 2.05) is 0 Å². The van der Waals surface area contributed by atoms with E-state index in [0.29, 0.717) is 0 Å². The van der Waals surface area contributed by atoms with Crippen molar-refractivity contribution < 1.29 is 18.3 Å². The van der Waals surface area contributed by atoms with E-state index >= 15 is 0 Å². The molecule has 0 saturated carbocycles. The molecule has 0 aromatic carbocycles. The van der Waals surface area contributed by atoms with Crippen molar-refractivity contribution in [3.63, 3.8) is 0 Å². The summed E-state index contributed by atoms with van der Waals surface area (Å²) in [5.74, 6) is -0.987. The maximum atomic E-state index is 12.6. The Labute approximate surface area is 90.5 Å². The molecule has 0 aliphatic heterocycles. The highest BCUT2D eigenvalue weighted by molar-refractivity contribution is 5.93. The van der Waals surface area contributed by atoms with E-state index in [4.69, 9.17) is 5.26 Å². The van der Waals surface area contributed by atoms with Crippen LogP contribution >= 0.6 is 0 Å². The minimum atomic E-state index is -2.93. The van der Waals surface area contributed by atoms with E-state index in [1.165, 1.54) is 13.0 Å². The number of pyridine rings is 1. The number of alkyl halides is 2. The van der Waals surface area contributed by atoms with Crippen LogP contribution in [0.4, 0.5) is 8.78 Å². The fourth-order valence-electron chi connectivity index (χ4n) is 1.26. The summed E-state index contributed by atoms with van der Waals surface area (Å²) in [6.45, 7) is 1.47. The Kier molecular flexibility index (Phi) is 3.51. The van der Waals surface area contributed by atoms with Crippen molar-refractivity contribution in [2.45, 2.75) is 13.3 Å². The monoisotopic (exact) mass is 226 g/mol. The maximum absolute atomic E-state index is 12.6. The molecule has 0 N–H and O–H groups in total. The summed E-state index contributed by atoms with van der Waals surface area (Å²) in [7, 11) is 1.05. The van der Waals surface area contributed by atoms with Crippen molar-refractivity contribution in [2.24, 2.45) is 0 Å². The van der Waals surface area contributed by atoms with Crippen LogP contribution in [0.15, 0.2) is 6.07 Å². The fraction of sp³-hybridized carbons (Fsp3) is 0.300.